The minimum Gasteiger partial charge on any atom is -0.280 e. The van der Waals surface area contributed by atoms with E-state index in [9.17, 15) is 16.8 Å². The van der Waals surface area contributed by atoms with Gasteiger partial charge in [-0.1, -0.05) is 43.2 Å². The minimum atomic E-state index is -3.96. The summed E-state index contributed by atoms with van der Waals surface area (Å²) in [7, 11) is -7.82. The van der Waals surface area contributed by atoms with E-state index in [-0.39, 0.29) is 21.5 Å². The van der Waals surface area contributed by atoms with Crippen LogP contribution < -0.4 is 9.86 Å². The van der Waals surface area contributed by atoms with Crippen LogP contribution in [0.3, 0.4) is 0 Å². The Morgan fingerprint density at radius 2 is 1.57 bits per heavy atom. The van der Waals surface area contributed by atoms with Gasteiger partial charge in [-0.15, -0.1) is 0 Å². The Morgan fingerprint density at radius 3 is 2.17 bits per heavy atom. The van der Waals surface area contributed by atoms with Crippen molar-refractivity contribution in [1.82, 2.24) is 9.78 Å². The number of primary sulfonamides is 1. The van der Waals surface area contributed by atoms with Crippen molar-refractivity contribution in [3.63, 3.8) is 0 Å². The molecule has 3 aromatic rings. The monoisotopic (exact) mass is 446 g/mol. The zero-order valence-electron chi connectivity index (χ0n) is 16.1. The lowest BCUT2D eigenvalue weighted by Crippen LogP contribution is -2.14. The van der Waals surface area contributed by atoms with Crippen molar-refractivity contribution in [2.45, 2.75) is 41.5 Å². The van der Waals surface area contributed by atoms with E-state index in [1.54, 1.807) is 10.9 Å². The van der Waals surface area contributed by atoms with Gasteiger partial charge in [-0.25, -0.2) is 22.0 Å². The van der Waals surface area contributed by atoms with E-state index in [0.717, 1.165) is 25.7 Å². The first-order valence-electron chi connectivity index (χ1n) is 9.54. The number of anilines is 1. The zero-order chi connectivity index (χ0) is 21.4. The smallest absolute Gasteiger partial charge is 0.265 e. The van der Waals surface area contributed by atoms with E-state index >= 15 is 0 Å². The average Bonchev–Trinajstić information content (AvgIpc) is 3.38. The van der Waals surface area contributed by atoms with Gasteiger partial charge in [-0.05, 0) is 37.1 Å². The Morgan fingerprint density at radius 1 is 0.933 bits per heavy atom. The maximum absolute atomic E-state index is 13.2. The summed E-state index contributed by atoms with van der Waals surface area (Å²) in [5.74, 6) is 0. The molecular weight excluding hydrogens is 424 g/mol. The average molecular weight is 447 g/mol. The Bertz CT molecular complexity index is 1250. The van der Waals surface area contributed by atoms with Crippen LogP contribution in [0.15, 0.2) is 70.6 Å². The largest absolute Gasteiger partial charge is 0.280 e. The highest BCUT2D eigenvalue weighted by Gasteiger charge is 2.27. The number of benzene rings is 2. The van der Waals surface area contributed by atoms with Gasteiger partial charge in [-0.3, -0.25) is 9.40 Å². The van der Waals surface area contributed by atoms with E-state index in [1.165, 1.54) is 24.3 Å². The molecule has 0 bridgehead atoms. The molecule has 0 aliphatic heterocycles. The van der Waals surface area contributed by atoms with Crippen LogP contribution in [0.2, 0.25) is 0 Å². The molecular formula is C20H22N4O4S2. The summed E-state index contributed by atoms with van der Waals surface area (Å²) in [6.07, 6.45) is 5.72. The van der Waals surface area contributed by atoms with E-state index in [4.69, 9.17) is 5.14 Å². The van der Waals surface area contributed by atoms with Gasteiger partial charge in [0.2, 0.25) is 10.0 Å². The molecule has 3 N–H and O–H groups in total. The maximum Gasteiger partial charge on any atom is 0.265 e. The number of hydrogen-bond acceptors (Lipinski definition) is 5. The summed E-state index contributed by atoms with van der Waals surface area (Å²) in [5, 5.41) is 9.71. The molecule has 0 saturated heterocycles. The van der Waals surface area contributed by atoms with Crippen molar-refractivity contribution in [2.75, 3.05) is 4.72 Å². The van der Waals surface area contributed by atoms with Gasteiger partial charge >= 0.3 is 0 Å². The highest BCUT2D eigenvalue weighted by atomic mass is 32.2. The highest BCUT2D eigenvalue weighted by molar-refractivity contribution is 7.92. The number of hydrogen-bond donors (Lipinski definition) is 2. The number of nitrogens with two attached hydrogens (primary N) is 1. The molecule has 0 unspecified atom stereocenters. The van der Waals surface area contributed by atoms with E-state index < -0.39 is 20.0 Å². The Hall–Kier alpha value is -2.69. The standard InChI is InChI=1S/C20H22N4O4S2/c21-29(25,26)18-12-10-16(11-13-18)23-30(27,28)19-14-24(17-8-4-5-9-17)22-20(19)15-6-2-1-3-7-15/h1-3,6-7,10-14,17,23H,4-5,8-9H2,(H2,21,25,26). The molecule has 0 amide bonds. The summed E-state index contributed by atoms with van der Waals surface area (Å²) in [6, 6.07) is 14.6. The van der Waals surface area contributed by atoms with Crippen molar-refractivity contribution in [3.05, 3.63) is 60.8 Å². The molecule has 1 fully saturated rings. The SMILES string of the molecule is NS(=O)(=O)c1ccc(NS(=O)(=O)c2cn(C3CCCC3)nc2-c2ccccc2)cc1. The third kappa shape index (κ3) is 4.25. The number of nitrogens with zero attached hydrogens (tertiary/aromatic N) is 2. The lowest BCUT2D eigenvalue weighted by molar-refractivity contribution is 0.467. The molecule has 1 heterocycles. The lowest BCUT2D eigenvalue weighted by Gasteiger charge is -2.09. The van der Waals surface area contributed by atoms with Gasteiger partial charge in [0.15, 0.2) is 0 Å². The summed E-state index contributed by atoms with van der Waals surface area (Å²) in [4.78, 5) is -0.0133. The molecule has 0 radical (unpaired) electrons. The second kappa shape index (κ2) is 7.86. The molecule has 10 heteroatoms. The van der Waals surface area contributed by atoms with E-state index in [1.807, 2.05) is 30.3 Å². The summed E-state index contributed by atoms with van der Waals surface area (Å²) < 4.78 is 53.5. The van der Waals surface area contributed by atoms with Crippen molar-refractivity contribution in [1.29, 1.82) is 0 Å². The first-order chi connectivity index (χ1) is 14.2. The summed E-state index contributed by atoms with van der Waals surface area (Å²) in [6.45, 7) is 0. The Kier molecular flexibility index (Phi) is 5.39. The number of sulfonamides is 2. The number of nitrogens with one attached hydrogen (secondary N) is 1. The van der Waals surface area contributed by atoms with Crippen LogP contribution in [0.25, 0.3) is 11.3 Å². The van der Waals surface area contributed by atoms with Crippen molar-refractivity contribution >= 4 is 25.7 Å². The molecule has 30 heavy (non-hydrogen) atoms. The normalized spacial score (nSPS) is 15.4. The zero-order valence-corrected chi connectivity index (χ0v) is 17.7. The highest BCUT2D eigenvalue weighted by Crippen LogP contribution is 2.34. The molecule has 1 aliphatic rings. The molecule has 1 aliphatic carbocycles. The van der Waals surface area contributed by atoms with Gasteiger partial charge in [0.05, 0.1) is 10.9 Å². The van der Waals surface area contributed by atoms with Gasteiger partial charge < -0.3 is 0 Å². The van der Waals surface area contributed by atoms with Crippen molar-refractivity contribution in [2.24, 2.45) is 5.14 Å². The third-order valence-electron chi connectivity index (χ3n) is 5.17. The maximum atomic E-state index is 13.2. The molecule has 0 spiro atoms. The number of aromatic nitrogens is 2. The van der Waals surface area contributed by atoms with Crippen LogP contribution in [0.4, 0.5) is 5.69 Å². The van der Waals surface area contributed by atoms with Crippen LogP contribution in [0.1, 0.15) is 31.7 Å². The quantitative estimate of drug-likeness (QED) is 0.602. The molecule has 2 aromatic carbocycles. The van der Waals surface area contributed by atoms with Crippen LogP contribution in [-0.2, 0) is 20.0 Å². The molecule has 4 rings (SSSR count). The van der Waals surface area contributed by atoms with Gasteiger partial charge in [0.25, 0.3) is 10.0 Å². The molecule has 158 valence electrons. The fourth-order valence-corrected chi connectivity index (χ4v) is 5.38. The first-order valence-corrected chi connectivity index (χ1v) is 12.6. The topological polar surface area (TPSA) is 124 Å². The first kappa shape index (κ1) is 20.6. The van der Waals surface area contributed by atoms with Crippen molar-refractivity contribution < 1.29 is 16.8 Å². The molecule has 8 nitrogen and oxygen atoms in total. The molecule has 1 saturated carbocycles. The van der Waals surface area contributed by atoms with E-state index in [0.29, 0.717) is 11.3 Å². The third-order valence-corrected chi connectivity index (χ3v) is 7.48. The fraction of sp³-hybridized carbons (Fsp3) is 0.250. The summed E-state index contributed by atoms with van der Waals surface area (Å²) >= 11 is 0. The van der Waals surface area contributed by atoms with E-state index in [2.05, 4.69) is 9.82 Å². The Balaban J connectivity index is 1.72. The molecule has 1 aromatic heterocycles. The van der Waals surface area contributed by atoms with Crippen LogP contribution >= 0.6 is 0 Å². The molecule has 0 atom stereocenters. The van der Waals surface area contributed by atoms with Crippen LogP contribution in [0, 0.1) is 0 Å². The van der Waals surface area contributed by atoms with Gasteiger partial charge in [0, 0.05) is 17.4 Å². The lowest BCUT2D eigenvalue weighted by atomic mass is 10.2. The predicted octanol–water partition coefficient (Wildman–Crippen LogP) is 3.11. The Labute approximate surface area is 175 Å². The van der Waals surface area contributed by atoms with Gasteiger partial charge in [-0.2, -0.15) is 5.10 Å². The predicted molar refractivity (Wildman–Crippen MR) is 114 cm³/mol. The summed E-state index contributed by atoms with van der Waals surface area (Å²) in [5.41, 5.74) is 1.32. The van der Waals surface area contributed by atoms with Crippen molar-refractivity contribution in [3.8, 4) is 11.3 Å². The fourth-order valence-electron chi connectivity index (χ4n) is 3.65. The van der Waals surface area contributed by atoms with Crippen LogP contribution in [-0.4, -0.2) is 26.6 Å². The minimum absolute atomic E-state index is 0.0797. The second-order valence-electron chi connectivity index (χ2n) is 7.30. The van der Waals surface area contributed by atoms with Crippen LogP contribution in [0.5, 0.6) is 0 Å². The van der Waals surface area contributed by atoms with Gasteiger partial charge in [0.1, 0.15) is 10.6 Å². The second-order valence-corrected chi connectivity index (χ2v) is 10.5. The number of rotatable bonds is 6.